The first-order valence-electron chi connectivity index (χ1n) is 5.41. The van der Waals surface area contributed by atoms with Crippen molar-refractivity contribution in [1.29, 1.82) is 0 Å². The number of halogens is 1. The molecule has 0 radical (unpaired) electrons. The summed E-state index contributed by atoms with van der Waals surface area (Å²) in [5, 5.41) is 0.412. The van der Waals surface area contributed by atoms with Crippen molar-refractivity contribution in [2.75, 3.05) is 5.43 Å². The Kier molecular flexibility index (Phi) is 3.79. The molecule has 0 unspecified atom stereocenters. The van der Waals surface area contributed by atoms with Gasteiger partial charge >= 0.3 is 0 Å². The largest absolute Gasteiger partial charge is 0.281 e. The van der Waals surface area contributed by atoms with Crippen LogP contribution < -0.4 is 10.9 Å². The number of carbonyl (C=O) groups is 1. The van der Waals surface area contributed by atoms with E-state index in [-0.39, 0.29) is 5.91 Å². The maximum Gasteiger partial charge on any atom is 0.271 e. The van der Waals surface area contributed by atoms with E-state index in [1.807, 2.05) is 19.1 Å². The molecule has 1 heterocycles. The fourth-order valence-electron chi connectivity index (χ4n) is 1.45. The number of aryl methyl sites for hydroxylation is 1. The summed E-state index contributed by atoms with van der Waals surface area (Å²) in [6.45, 7) is 1.90. The zero-order chi connectivity index (χ0) is 13.0. The van der Waals surface area contributed by atoms with Gasteiger partial charge in [-0.1, -0.05) is 29.8 Å². The Labute approximate surface area is 110 Å². The average Bonchev–Trinajstić information content (AvgIpc) is 2.38. The van der Waals surface area contributed by atoms with Crippen LogP contribution >= 0.6 is 11.6 Å². The predicted molar refractivity (Wildman–Crippen MR) is 71.5 cm³/mol. The van der Waals surface area contributed by atoms with Crippen LogP contribution in [0.1, 0.15) is 15.9 Å². The highest BCUT2D eigenvalue weighted by Crippen LogP contribution is 2.14. The summed E-state index contributed by atoms with van der Waals surface area (Å²) in [6, 6.07) is 10.6. The van der Waals surface area contributed by atoms with Crippen LogP contribution in [0.15, 0.2) is 42.6 Å². The van der Waals surface area contributed by atoms with Gasteiger partial charge in [-0.2, -0.15) is 0 Å². The summed E-state index contributed by atoms with van der Waals surface area (Å²) in [7, 11) is 0. The van der Waals surface area contributed by atoms with Crippen molar-refractivity contribution in [3.05, 3.63) is 58.7 Å². The summed E-state index contributed by atoms with van der Waals surface area (Å²) < 4.78 is 0. The lowest BCUT2D eigenvalue weighted by molar-refractivity contribution is 0.0962. The van der Waals surface area contributed by atoms with E-state index in [2.05, 4.69) is 15.8 Å². The summed E-state index contributed by atoms with van der Waals surface area (Å²) >= 11 is 5.93. The summed E-state index contributed by atoms with van der Waals surface area (Å²) in [5.41, 5.74) is 6.69. The van der Waals surface area contributed by atoms with E-state index in [9.17, 15) is 4.79 Å². The molecule has 4 nitrogen and oxygen atoms in total. The predicted octanol–water partition coefficient (Wildman–Crippen LogP) is 2.80. The van der Waals surface area contributed by atoms with E-state index in [1.165, 1.54) is 0 Å². The lowest BCUT2D eigenvalue weighted by Crippen LogP contribution is -2.30. The van der Waals surface area contributed by atoms with Gasteiger partial charge in [0.15, 0.2) is 0 Å². The van der Waals surface area contributed by atoms with E-state index in [1.54, 1.807) is 30.5 Å². The molecular formula is C13H12ClN3O. The highest BCUT2D eigenvalue weighted by Gasteiger charge is 2.09. The molecule has 0 aliphatic rings. The molecule has 1 amide bonds. The second kappa shape index (κ2) is 5.51. The molecule has 0 aliphatic carbocycles. The molecule has 92 valence electrons. The maximum absolute atomic E-state index is 11.9. The second-order valence-electron chi connectivity index (χ2n) is 3.73. The number of aromatic nitrogens is 1. The number of nitrogens with zero attached hydrogens (tertiary/aromatic N) is 1. The molecule has 2 aromatic rings. The first-order valence-corrected chi connectivity index (χ1v) is 5.79. The molecule has 2 rings (SSSR count). The average molecular weight is 262 g/mol. The van der Waals surface area contributed by atoms with Gasteiger partial charge in [0.25, 0.3) is 5.91 Å². The molecule has 2 N–H and O–H groups in total. The molecule has 0 saturated heterocycles. The van der Waals surface area contributed by atoms with E-state index in [4.69, 9.17) is 11.6 Å². The van der Waals surface area contributed by atoms with Crippen LogP contribution in [0.3, 0.4) is 0 Å². The number of hydrazine groups is 1. The second-order valence-corrected chi connectivity index (χ2v) is 4.14. The van der Waals surface area contributed by atoms with Crippen LogP contribution in [0.25, 0.3) is 0 Å². The first kappa shape index (κ1) is 12.4. The third kappa shape index (κ3) is 2.78. The Morgan fingerprint density at radius 1 is 1.22 bits per heavy atom. The number of amides is 1. The van der Waals surface area contributed by atoms with Crippen molar-refractivity contribution in [2.24, 2.45) is 0 Å². The van der Waals surface area contributed by atoms with Crippen LogP contribution in [0.2, 0.25) is 5.02 Å². The van der Waals surface area contributed by atoms with Crippen molar-refractivity contribution in [2.45, 2.75) is 6.92 Å². The minimum absolute atomic E-state index is 0.300. The molecule has 18 heavy (non-hydrogen) atoms. The van der Waals surface area contributed by atoms with Crippen LogP contribution in [0.4, 0.5) is 5.82 Å². The van der Waals surface area contributed by atoms with Gasteiger partial charge in [-0.3, -0.25) is 15.6 Å². The molecule has 0 saturated carbocycles. The van der Waals surface area contributed by atoms with Gasteiger partial charge in [0.05, 0.1) is 10.6 Å². The highest BCUT2D eigenvalue weighted by atomic mass is 35.5. The van der Waals surface area contributed by atoms with Crippen molar-refractivity contribution >= 4 is 23.3 Å². The maximum atomic E-state index is 11.9. The van der Waals surface area contributed by atoms with Gasteiger partial charge in [-0.25, -0.2) is 4.98 Å². The summed E-state index contributed by atoms with van der Waals surface area (Å²) in [5.74, 6) is 0.309. The number of hydrogen-bond donors (Lipinski definition) is 2. The highest BCUT2D eigenvalue weighted by molar-refractivity contribution is 6.33. The minimum Gasteiger partial charge on any atom is -0.281 e. The zero-order valence-corrected chi connectivity index (χ0v) is 10.5. The molecule has 0 aliphatic heterocycles. The molecule has 0 fully saturated rings. The Morgan fingerprint density at radius 3 is 2.72 bits per heavy atom. The Hall–Kier alpha value is -2.07. The summed E-state index contributed by atoms with van der Waals surface area (Å²) in [4.78, 5) is 16.0. The van der Waals surface area contributed by atoms with E-state index in [0.29, 0.717) is 16.4 Å². The van der Waals surface area contributed by atoms with Crippen molar-refractivity contribution in [1.82, 2.24) is 10.4 Å². The smallest absolute Gasteiger partial charge is 0.271 e. The van der Waals surface area contributed by atoms with E-state index >= 15 is 0 Å². The van der Waals surface area contributed by atoms with Gasteiger partial charge in [-0.15, -0.1) is 0 Å². The number of nitrogens with one attached hydrogen (secondary N) is 2. The summed E-state index contributed by atoms with van der Waals surface area (Å²) in [6.07, 6.45) is 1.65. The number of benzene rings is 1. The number of carbonyl (C=O) groups excluding carboxylic acids is 1. The van der Waals surface area contributed by atoms with E-state index in [0.717, 1.165) is 5.56 Å². The van der Waals surface area contributed by atoms with Gasteiger partial charge in [0.2, 0.25) is 0 Å². The molecule has 1 aromatic heterocycles. The zero-order valence-electron chi connectivity index (χ0n) is 9.77. The van der Waals surface area contributed by atoms with Crippen molar-refractivity contribution in [3.8, 4) is 0 Å². The van der Waals surface area contributed by atoms with Gasteiger partial charge in [0, 0.05) is 6.20 Å². The van der Waals surface area contributed by atoms with Crippen LogP contribution in [0.5, 0.6) is 0 Å². The quantitative estimate of drug-likeness (QED) is 0.836. The molecule has 0 bridgehead atoms. The Bertz CT molecular complexity index is 572. The number of anilines is 1. The number of pyridine rings is 1. The molecule has 0 spiro atoms. The van der Waals surface area contributed by atoms with Crippen molar-refractivity contribution in [3.63, 3.8) is 0 Å². The standard InChI is InChI=1S/C13H12ClN3O/c1-9-5-4-8-15-12(9)16-17-13(18)10-6-2-3-7-11(10)14/h2-8H,1H3,(H,15,16)(H,17,18). The monoisotopic (exact) mass is 261 g/mol. The van der Waals surface area contributed by atoms with Crippen LogP contribution in [0, 0.1) is 6.92 Å². The Balaban J connectivity index is 2.06. The van der Waals surface area contributed by atoms with Crippen molar-refractivity contribution < 1.29 is 4.79 Å². The van der Waals surface area contributed by atoms with Crippen LogP contribution in [-0.2, 0) is 0 Å². The SMILES string of the molecule is Cc1cccnc1NNC(=O)c1ccccc1Cl. The molecular weight excluding hydrogens is 250 g/mol. The minimum atomic E-state index is -0.300. The fraction of sp³-hybridized carbons (Fsp3) is 0.0769. The molecule has 1 aromatic carbocycles. The van der Waals surface area contributed by atoms with Gasteiger partial charge in [0.1, 0.15) is 5.82 Å². The van der Waals surface area contributed by atoms with Crippen LogP contribution in [-0.4, -0.2) is 10.9 Å². The lowest BCUT2D eigenvalue weighted by Gasteiger charge is -2.10. The lowest BCUT2D eigenvalue weighted by atomic mass is 10.2. The molecule has 5 heteroatoms. The number of rotatable bonds is 3. The number of hydrogen-bond acceptors (Lipinski definition) is 3. The van der Waals surface area contributed by atoms with Gasteiger partial charge < -0.3 is 0 Å². The third-order valence-corrected chi connectivity index (χ3v) is 2.75. The third-order valence-electron chi connectivity index (χ3n) is 2.42. The van der Waals surface area contributed by atoms with E-state index < -0.39 is 0 Å². The first-order chi connectivity index (χ1) is 8.68. The Morgan fingerprint density at radius 2 is 2.00 bits per heavy atom. The normalized spacial score (nSPS) is 9.89. The topological polar surface area (TPSA) is 54.0 Å². The molecule has 0 atom stereocenters. The van der Waals surface area contributed by atoms with Gasteiger partial charge in [-0.05, 0) is 30.7 Å². The fourth-order valence-corrected chi connectivity index (χ4v) is 1.67.